The number of rotatable bonds is 3. The Bertz CT molecular complexity index is 508. The number of esters is 1. The molecule has 18 heavy (non-hydrogen) atoms. The Morgan fingerprint density at radius 2 is 2.00 bits per heavy atom. The third-order valence-electron chi connectivity index (χ3n) is 2.39. The van der Waals surface area contributed by atoms with Crippen LogP contribution in [0.15, 0.2) is 30.1 Å². The summed E-state index contributed by atoms with van der Waals surface area (Å²) >= 11 is 0. The van der Waals surface area contributed by atoms with Crippen LogP contribution in [0.5, 0.6) is 17.2 Å². The normalized spacial score (nSPS) is 15.9. The number of fused-ring (bicyclic) bond motifs is 1. The lowest BCUT2D eigenvalue weighted by atomic mass is 10.3. The lowest BCUT2D eigenvalue weighted by Crippen LogP contribution is -2.29. The molecule has 1 aromatic carbocycles. The van der Waals surface area contributed by atoms with Crippen molar-refractivity contribution in [3.05, 3.63) is 30.1 Å². The third-order valence-corrected chi connectivity index (χ3v) is 3.19. The quantitative estimate of drug-likeness (QED) is 0.365. The molecule has 4 nitrogen and oxygen atoms in total. The first-order valence-electron chi connectivity index (χ1n) is 5.52. The van der Waals surface area contributed by atoms with Gasteiger partial charge in [0.15, 0.2) is 11.5 Å². The zero-order chi connectivity index (χ0) is 13.3. The van der Waals surface area contributed by atoms with E-state index < -0.39 is 11.8 Å². The summed E-state index contributed by atoms with van der Waals surface area (Å²) in [6, 6.07) is 5.05. The lowest BCUT2D eigenvalue weighted by molar-refractivity contribution is -0.129. The summed E-state index contributed by atoms with van der Waals surface area (Å²) in [5, 5.41) is 0.466. The molecule has 0 aromatic heterocycles. The van der Waals surface area contributed by atoms with E-state index in [9.17, 15) is 4.79 Å². The minimum atomic E-state index is -0.681. The van der Waals surface area contributed by atoms with Gasteiger partial charge in [-0.2, -0.15) is 0 Å². The van der Waals surface area contributed by atoms with Crippen LogP contribution < -0.4 is 14.2 Å². The minimum Gasteiger partial charge on any atom is -0.449 e. The van der Waals surface area contributed by atoms with Gasteiger partial charge in [0.25, 0.3) is 0 Å². The van der Waals surface area contributed by atoms with Gasteiger partial charge < -0.3 is 14.2 Å². The Balaban J connectivity index is 2.14. The Hall–Kier alpha value is -1.54. The standard InChI is InChI=1S/C13H15O4P/c1-8(18-4)12(14)15-9-5-6-10-11(7-9)17-13(2,3)16-10/h5-7,18H,1H2,2-4H3. The molecule has 1 atom stereocenters. The Kier molecular flexibility index (Phi) is 3.31. The summed E-state index contributed by atoms with van der Waals surface area (Å²) in [7, 11) is 0.337. The van der Waals surface area contributed by atoms with E-state index in [1.54, 1.807) is 18.2 Å². The fourth-order valence-corrected chi connectivity index (χ4v) is 1.79. The SMILES string of the molecule is C=C(PC)C(=O)Oc1ccc2c(c1)OC(C)(C)O2. The van der Waals surface area contributed by atoms with Crippen LogP contribution in [-0.2, 0) is 4.79 Å². The Labute approximate surface area is 108 Å². The zero-order valence-electron chi connectivity index (χ0n) is 10.6. The molecule has 1 heterocycles. The van der Waals surface area contributed by atoms with Gasteiger partial charge >= 0.3 is 5.97 Å². The molecule has 0 saturated carbocycles. The van der Waals surface area contributed by atoms with Crippen molar-refractivity contribution in [1.82, 2.24) is 0 Å². The number of ether oxygens (including phenoxy) is 3. The van der Waals surface area contributed by atoms with Gasteiger partial charge in [-0.15, -0.1) is 0 Å². The second kappa shape index (κ2) is 4.62. The number of carbonyl (C=O) groups is 1. The smallest absolute Gasteiger partial charge is 0.343 e. The van der Waals surface area contributed by atoms with Crippen molar-refractivity contribution >= 4 is 14.6 Å². The van der Waals surface area contributed by atoms with Crippen LogP contribution in [0.1, 0.15) is 13.8 Å². The molecule has 0 aliphatic carbocycles. The molecule has 0 N–H and O–H groups in total. The van der Waals surface area contributed by atoms with Crippen LogP contribution in [0.25, 0.3) is 0 Å². The van der Waals surface area contributed by atoms with E-state index >= 15 is 0 Å². The second-order valence-corrected chi connectivity index (χ2v) is 5.43. The first-order valence-corrected chi connectivity index (χ1v) is 7.02. The van der Waals surface area contributed by atoms with Crippen molar-refractivity contribution < 1.29 is 19.0 Å². The van der Waals surface area contributed by atoms with Crippen molar-refractivity contribution in [2.24, 2.45) is 0 Å². The monoisotopic (exact) mass is 266 g/mol. The summed E-state index contributed by atoms with van der Waals surface area (Å²) in [4.78, 5) is 11.6. The van der Waals surface area contributed by atoms with E-state index in [1.165, 1.54) is 0 Å². The van der Waals surface area contributed by atoms with E-state index in [0.29, 0.717) is 31.1 Å². The summed E-state index contributed by atoms with van der Waals surface area (Å²) in [6.45, 7) is 9.16. The highest BCUT2D eigenvalue weighted by Crippen LogP contribution is 2.41. The first kappa shape index (κ1) is 12.9. The second-order valence-electron chi connectivity index (χ2n) is 4.33. The number of hydrogen-bond acceptors (Lipinski definition) is 4. The van der Waals surface area contributed by atoms with Crippen LogP contribution in [-0.4, -0.2) is 18.4 Å². The predicted molar refractivity (Wildman–Crippen MR) is 70.8 cm³/mol. The molecule has 0 spiro atoms. The average Bonchev–Trinajstić information content (AvgIpc) is 2.61. The fourth-order valence-electron chi connectivity index (χ4n) is 1.54. The maximum absolute atomic E-state index is 11.6. The highest BCUT2D eigenvalue weighted by molar-refractivity contribution is 7.43. The van der Waals surface area contributed by atoms with Crippen LogP contribution in [0, 0.1) is 0 Å². The van der Waals surface area contributed by atoms with Gasteiger partial charge in [-0.05, 0) is 18.8 Å². The van der Waals surface area contributed by atoms with Crippen molar-refractivity contribution in [2.75, 3.05) is 6.66 Å². The molecular formula is C13H15O4P. The summed E-state index contributed by atoms with van der Waals surface area (Å²) in [5.41, 5.74) is 0. The molecule has 96 valence electrons. The van der Waals surface area contributed by atoms with Gasteiger partial charge in [-0.3, -0.25) is 0 Å². The van der Waals surface area contributed by atoms with Gasteiger partial charge in [0, 0.05) is 19.9 Å². The molecule has 1 aliphatic rings. The lowest BCUT2D eigenvalue weighted by Gasteiger charge is -2.16. The molecule has 0 fully saturated rings. The molecule has 0 bridgehead atoms. The molecule has 1 unspecified atom stereocenters. The van der Waals surface area contributed by atoms with E-state index in [1.807, 2.05) is 20.5 Å². The molecule has 0 amide bonds. The maximum atomic E-state index is 11.6. The van der Waals surface area contributed by atoms with Crippen molar-refractivity contribution in [2.45, 2.75) is 19.6 Å². The average molecular weight is 266 g/mol. The number of carbonyl (C=O) groups excluding carboxylic acids is 1. The van der Waals surface area contributed by atoms with Crippen molar-refractivity contribution in [3.8, 4) is 17.2 Å². The van der Waals surface area contributed by atoms with Crippen molar-refractivity contribution in [1.29, 1.82) is 0 Å². The van der Waals surface area contributed by atoms with Gasteiger partial charge in [0.2, 0.25) is 5.79 Å². The highest BCUT2D eigenvalue weighted by Gasteiger charge is 2.31. The van der Waals surface area contributed by atoms with Gasteiger partial charge in [0.05, 0.1) is 5.31 Å². The highest BCUT2D eigenvalue weighted by atomic mass is 31.1. The van der Waals surface area contributed by atoms with E-state index in [-0.39, 0.29) is 0 Å². The zero-order valence-corrected chi connectivity index (χ0v) is 11.6. The molecule has 5 heteroatoms. The van der Waals surface area contributed by atoms with Gasteiger partial charge in [0.1, 0.15) is 5.75 Å². The van der Waals surface area contributed by atoms with Crippen LogP contribution in [0.4, 0.5) is 0 Å². The van der Waals surface area contributed by atoms with Crippen LogP contribution in [0.2, 0.25) is 0 Å². The molecule has 0 saturated heterocycles. The maximum Gasteiger partial charge on any atom is 0.343 e. The topological polar surface area (TPSA) is 44.8 Å². The number of hydrogen-bond donors (Lipinski definition) is 0. The van der Waals surface area contributed by atoms with Crippen molar-refractivity contribution in [3.63, 3.8) is 0 Å². The van der Waals surface area contributed by atoms with Crippen LogP contribution in [0.3, 0.4) is 0 Å². The number of benzene rings is 1. The fraction of sp³-hybridized carbons (Fsp3) is 0.308. The van der Waals surface area contributed by atoms with E-state index in [0.717, 1.165) is 0 Å². The first-order chi connectivity index (χ1) is 8.41. The molecule has 1 aliphatic heterocycles. The Morgan fingerprint density at radius 3 is 2.67 bits per heavy atom. The largest absolute Gasteiger partial charge is 0.449 e. The molecular weight excluding hydrogens is 251 g/mol. The van der Waals surface area contributed by atoms with Gasteiger partial charge in [-0.1, -0.05) is 15.2 Å². The van der Waals surface area contributed by atoms with Gasteiger partial charge in [-0.25, -0.2) is 4.79 Å². The van der Waals surface area contributed by atoms with Crippen LogP contribution >= 0.6 is 8.58 Å². The predicted octanol–water partition coefficient (Wildman–Crippen LogP) is 2.92. The molecule has 0 radical (unpaired) electrons. The minimum absolute atomic E-state index is 0.337. The third kappa shape index (κ3) is 2.65. The molecule has 2 rings (SSSR count). The molecule has 1 aromatic rings. The summed E-state index contributed by atoms with van der Waals surface area (Å²) in [5.74, 6) is 0.568. The van der Waals surface area contributed by atoms with E-state index in [4.69, 9.17) is 14.2 Å². The Morgan fingerprint density at radius 1 is 1.33 bits per heavy atom. The summed E-state index contributed by atoms with van der Waals surface area (Å²) < 4.78 is 16.3. The summed E-state index contributed by atoms with van der Waals surface area (Å²) in [6.07, 6.45) is 0. The van der Waals surface area contributed by atoms with E-state index in [2.05, 4.69) is 6.58 Å².